The standard InChI is InChI=1S/C6H7BrO3S/c7-5-1-3-6(4-2-5)11(8,9)10/h1-3,6H,4H2,(H,8,9,10). The Hall–Kier alpha value is -0.130. The molecular formula is C6H7BrO3S. The molecule has 0 radical (unpaired) electrons. The monoisotopic (exact) mass is 238 g/mol. The quantitative estimate of drug-likeness (QED) is 0.705. The zero-order chi connectivity index (χ0) is 8.48. The molecule has 0 heterocycles. The molecule has 0 aromatic rings. The number of allylic oxidation sites excluding steroid dienone is 3. The Balaban J connectivity index is 2.79. The minimum absolute atomic E-state index is 0.329. The lowest BCUT2D eigenvalue weighted by Gasteiger charge is -2.09. The number of hydrogen-bond acceptors (Lipinski definition) is 2. The molecule has 62 valence electrons. The molecule has 0 saturated carbocycles. The molecule has 0 spiro atoms. The Labute approximate surface area is 73.7 Å². The van der Waals surface area contributed by atoms with Gasteiger partial charge in [-0.1, -0.05) is 34.2 Å². The van der Waals surface area contributed by atoms with Crippen LogP contribution in [0.3, 0.4) is 0 Å². The number of halogens is 1. The van der Waals surface area contributed by atoms with Crippen LogP contribution in [0.15, 0.2) is 22.7 Å². The van der Waals surface area contributed by atoms with E-state index in [1.54, 1.807) is 12.2 Å². The molecule has 0 saturated heterocycles. The van der Waals surface area contributed by atoms with E-state index in [9.17, 15) is 8.42 Å². The molecule has 1 aliphatic rings. The summed E-state index contributed by atoms with van der Waals surface area (Å²) in [5.41, 5.74) is 0. The van der Waals surface area contributed by atoms with Gasteiger partial charge in [-0.25, -0.2) is 0 Å². The van der Waals surface area contributed by atoms with Crippen molar-refractivity contribution in [3.05, 3.63) is 22.7 Å². The van der Waals surface area contributed by atoms with Gasteiger partial charge in [0.2, 0.25) is 0 Å². The van der Waals surface area contributed by atoms with Gasteiger partial charge in [0.05, 0.1) is 0 Å². The SMILES string of the molecule is O=S(=O)(O)C1C=CC(Br)=CC1. The van der Waals surface area contributed by atoms with E-state index in [0.717, 1.165) is 4.48 Å². The summed E-state index contributed by atoms with van der Waals surface area (Å²) < 4.78 is 30.6. The first kappa shape index (κ1) is 8.96. The second-order valence-electron chi connectivity index (χ2n) is 2.24. The molecule has 0 aromatic carbocycles. The van der Waals surface area contributed by atoms with Crippen molar-refractivity contribution in [2.24, 2.45) is 0 Å². The average Bonchev–Trinajstić information content (AvgIpc) is 1.86. The molecule has 0 bridgehead atoms. The maximum atomic E-state index is 10.6. The van der Waals surface area contributed by atoms with E-state index in [4.69, 9.17) is 4.55 Å². The van der Waals surface area contributed by atoms with Crippen molar-refractivity contribution in [1.29, 1.82) is 0 Å². The van der Waals surface area contributed by atoms with Crippen LogP contribution in [-0.4, -0.2) is 18.2 Å². The molecule has 0 amide bonds. The Bertz CT molecular complexity index is 302. The lowest BCUT2D eigenvalue weighted by atomic mass is 10.2. The maximum Gasteiger partial charge on any atom is 0.271 e. The summed E-state index contributed by atoms with van der Waals surface area (Å²) >= 11 is 3.18. The van der Waals surface area contributed by atoms with Crippen molar-refractivity contribution in [3.63, 3.8) is 0 Å². The highest BCUT2D eigenvalue weighted by molar-refractivity contribution is 9.11. The molecule has 1 rings (SSSR count). The lowest BCUT2D eigenvalue weighted by molar-refractivity contribution is 0.474. The Morgan fingerprint density at radius 2 is 2.27 bits per heavy atom. The van der Waals surface area contributed by atoms with E-state index < -0.39 is 15.4 Å². The van der Waals surface area contributed by atoms with E-state index in [0.29, 0.717) is 6.42 Å². The van der Waals surface area contributed by atoms with Gasteiger partial charge in [0, 0.05) is 4.48 Å². The fourth-order valence-corrected chi connectivity index (χ4v) is 1.75. The van der Waals surface area contributed by atoms with E-state index in [1.807, 2.05) is 0 Å². The smallest absolute Gasteiger partial charge is 0.271 e. The van der Waals surface area contributed by atoms with Crippen LogP contribution in [0, 0.1) is 0 Å². The van der Waals surface area contributed by atoms with Crippen molar-refractivity contribution in [1.82, 2.24) is 0 Å². The lowest BCUT2D eigenvalue weighted by Crippen LogP contribution is -2.18. The van der Waals surface area contributed by atoms with Gasteiger partial charge in [-0.2, -0.15) is 8.42 Å². The van der Waals surface area contributed by atoms with Crippen LogP contribution < -0.4 is 0 Å². The molecule has 1 unspecified atom stereocenters. The Kier molecular flexibility index (Phi) is 2.51. The van der Waals surface area contributed by atoms with Crippen LogP contribution in [0.4, 0.5) is 0 Å². The Morgan fingerprint density at radius 1 is 1.64 bits per heavy atom. The van der Waals surface area contributed by atoms with Crippen LogP contribution in [0.1, 0.15) is 6.42 Å². The molecule has 0 aromatic heterocycles. The van der Waals surface area contributed by atoms with Crippen molar-refractivity contribution >= 4 is 26.0 Å². The normalized spacial score (nSPS) is 24.9. The molecule has 0 fully saturated rings. The summed E-state index contributed by atoms with van der Waals surface area (Å²) in [5, 5.41) is -0.774. The highest BCUT2D eigenvalue weighted by Gasteiger charge is 2.20. The van der Waals surface area contributed by atoms with Crippen LogP contribution in [0.5, 0.6) is 0 Å². The van der Waals surface area contributed by atoms with E-state index in [1.165, 1.54) is 6.08 Å². The van der Waals surface area contributed by atoms with Gasteiger partial charge in [-0.3, -0.25) is 4.55 Å². The van der Waals surface area contributed by atoms with Crippen molar-refractivity contribution in [3.8, 4) is 0 Å². The summed E-state index contributed by atoms with van der Waals surface area (Å²) in [6.45, 7) is 0. The topological polar surface area (TPSA) is 54.4 Å². The summed E-state index contributed by atoms with van der Waals surface area (Å²) in [5.74, 6) is 0. The molecule has 5 heteroatoms. The van der Waals surface area contributed by atoms with Crippen LogP contribution >= 0.6 is 15.9 Å². The van der Waals surface area contributed by atoms with Gasteiger partial charge in [-0.15, -0.1) is 0 Å². The predicted octanol–water partition coefficient (Wildman–Crippen LogP) is 1.48. The molecule has 0 aliphatic heterocycles. The highest BCUT2D eigenvalue weighted by atomic mass is 79.9. The highest BCUT2D eigenvalue weighted by Crippen LogP contribution is 2.19. The third-order valence-electron chi connectivity index (χ3n) is 1.40. The van der Waals surface area contributed by atoms with Gasteiger partial charge < -0.3 is 0 Å². The minimum atomic E-state index is -3.90. The first-order chi connectivity index (χ1) is 5.00. The molecule has 11 heavy (non-hydrogen) atoms. The second kappa shape index (κ2) is 3.08. The third kappa shape index (κ3) is 2.43. The predicted molar refractivity (Wildman–Crippen MR) is 46.1 cm³/mol. The summed E-state index contributed by atoms with van der Waals surface area (Å²) in [7, 11) is -3.90. The first-order valence-electron chi connectivity index (χ1n) is 3.00. The molecule has 1 aliphatic carbocycles. The fraction of sp³-hybridized carbons (Fsp3) is 0.333. The van der Waals surface area contributed by atoms with Gasteiger partial charge in [0.1, 0.15) is 5.25 Å². The maximum absolute atomic E-state index is 10.6. The minimum Gasteiger partial charge on any atom is -0.285 e. The van der Waals surface area contributed by atoms with E-state index in [2.05, 4.69) is 15.9 Å². The average molecular weight is 239 g/mol. The van der Waals surface area contributed by atoms with Gasteiger partial charge in [-0.05, 0) is 6.42 Å². The largest absolute Gasteiger partial charge is 0.285 e. The van der Waals surface area contributed by atoms with Gasteiger partial charge >= 0.3 is 0 Å². The van der Waals surface area contributed by atoms with Crippen LogP contribution in [0.2, 0.25) is 0 Å². The second-order valence-corrected chi connectivity index (χ2v) is 4.79. The molecule has 3 nitrogen and oxygen atoms in total. The summed E-state index contributed by atoms with van der Waals surface area (Å²) in [4.78, 5) is 0. The van der Waals surface area contributed by atoms with Crippen molar-refractivity contribution < 1.29 is 13.0 Å². The van der Waals surface area contributed by atoms with E-state index in [-0.39, 0.29) is 0 Å². The van der Waals surface area contributed by atoms with E-state index >= 15 is 0 Å². The molecule has 1 N–H and O–H groups in total. The summed E-state index contributed by atoms with van der Waals surface area (Å²) in [6, 6.07) is 0. The number of rotatable bonds is 1. The molecular weight excluding hydrogens is 232 g/mol. The Morgan fingerprint density at radius 3 is 2.64 bits per heavy atom. The van der Waals surface area contributed by atoms with Crippen molar-refractivity contribution in [2.75, 3.05) is 0 Å². The van der Waals surface area contributed by atoms with Gasteiger partial charge in [0.25, 0.3) is 10.1 Å². The first-order valence-corrected chi connectivity index (χ1v) is 5.30. The zero-order valence-corrected chi connectivity index (χ0v) is 7.97. The third-order valence-corrected chi connectivity index (χ3v) is 3.10. The van der Waals surface area contributed by atoms with Crippen LogP contribution in [-0.2, 0) is 10.1 Å². The fourth-order valence-electron chi connectivity index (χ4n) is 0.795. The summed E-state index contributed by atoms with van der Waals surface area (Å²) in [6.07, 6.45) is 5.11. The van der Waals surface area contributed by atoms with Crippen molar-refractivity contribution in [2.45, 2.75) is 11.7 Å². The number of hydrogen-bond donors (Lipinski definition) is 1. The van der Waals surface area contributed by atoms with Crippen LogP contribution in [0.25, 0.3) is 0 Å². The zero-order valence-electron chi connectivity index (χ0n) is 5.57. The van der Waals surface area contributed by atoms with Gasteiger partial charge in [0.15, 0.2) is 0 Å². The molecule has 1 atom stereocenters.